The molecule has 1 aliphatic heterocycles. The summed E-state index contributed by atoms with van der Waals surface area (Å²) in [4.78, 5) is 0. The molecule has 100 valence electrons. The molecule has 1 saturated heterocycles. The molecule has 0 spiro atoms. The molecule has 0 saturated carbocycles. The lowest BCUT2D eigenvalue weighted by Gasteiger charge is -2.25. The molecule has 0 aromatic heterocycles. The highest BCUT2D eigenvalue weighted by molar-refractivity contribution is 9.10. The number of nitrogens with one attached hydrogen (secondary N) is 1. The van der Waals surface area contributed by atoms with E-state index in [2.05, 4.69) is 28.2 Å². The van der Waals surface area contributed by atoms with Crippen molar-refractivity contribution in [1.29, 1.82) is 0 Å². The van der Waals surface area contributed by atoms with Gasteiger partial charge in [-0.3, -0.25) is 0 Å². The van der Waals surface area contributed by atoms with Crippen molar-refractivity contribution in [2.24, 2.45) is 5.92 Å². The van der Waals surface area contributed by atoms with Gasteiger partial charge >= 0.3 is 0 Å². The van der Waals surface area contributed by atoms with Crippen LogP contribution in [-0.2, 0) is 0 Å². The van der Waals surface area contributed by atoms with Crippen LogP contribution in [-0.4, -0.2) is 18.1 Å². The van der Waals surface area contributed by atoms with Gasteiger partial charge in [0, 0.05) is 11.6 Å². The van der Waals surface area contributed by atoms with Crippen LogP contribution in [0, 0.1) is 11.7 Å². The molecule has 1 aliphatic rings. The number of halogens is 2. The molecule has 1 fully saturated rings. The molecule has 1 aromatic rings. The summed E-state index contributed by atoms with van der Waals surface area (Å²) >= 11 is 5.26. The Morgan fingerprint density at radius 1 is 1.56 bits per heavy atom. The maximum Gasteiger partial charge on any atom is 0.142 e. The van der Waals surface area contributed by atoms with Gasteiger partial charge in [0.1, 0.15) is 5.82 Å². The van der Waals surface area contributed by atoms with Crippen molar-refractivity contribution in [3.05, 3.63) is 34.1 Å². The van der Waals surface area contributed by atoms with Crippen LogP contribution in [0.4, 0.5) is 4.39 Å². The SMILES string of the molecule is CCCNC(c1cccc(Br)c1F)C1CCSC1. The molecule has 1 nitrogen and oxygen atoms in total. The van der Waals surface area contributed by atoms with Crippen molar-refractivity contribution in [3.63, 3.8) is 0 Å². The van der Waals surface area contributed by atoms with E-state index < -0.39 is 0 Å². The highest BCUT2D eigenvalue weighted by Crippen LogP contribution is 2.36. The van der Waals surface area contributed by atoms with E-state index in [0.717, 1.165) is 24.3 Å². The van der Waals surface area contributed by atoms with Crippen LogP contribution < -0.4 is 5.32 Å². The van der Waals surface area contributed by atoms with E-state index in [4.69, 9.17) is 0 Å². The molecule has 0 aliphatic carbocycles. The molecule has 2 atom stereocenters. The summed E-state index contributed by atoms with van der Waals surface area (Å²) in [6, 6.07) is 5.75. The fourth-order valence-electron chi connectivity index (χ4n) is 2.41. The van der Waals surface area contributed by atoms with E-state index in [1.54, 1.807) is 6.07 Å². The van der Waals surface area contributed by atoms with Crippen molar-refractivity contribution in [1.82, 2.24) is 5.32 Å². The summed E-state index contributed by atoms with van der Waals surface area (Å²) < 4.78 is 14.8. The predicted molar refractivity (Wildman–Crippen MR) is 80.6 cm³/mol. The number of thioether (sulfide) groups is 1. The van der Waals surface area contributed by atoms with Gasteiger partial charge in [-0.05, 0) is 58.8 Å². The maximum absolute atomic E-state index is 14.2. The molecule has 0 radical (unpaired) electrons. The molecule has 1 N–H and O–H groups in total. The molecule has 1 heterocycles. The van der Waals surface area contributed by atoms with Crippen molar-refractivity contribution >= 4 is 27.7 Å². The molecular formula is C14H19BrFNS. The van der Waals surface area contributed by atoms with Gasteiger partial charge in [-0.25, -0.2) is 4.39 Å². The van der Waals surface area contributed by atoms with Gasteiger partial charge in [-0.1, -0.05) is 19.1 Å². The fourth-order valence-corrected chi connectivity index (χ4v) is 4.09. The molecule has 0 amide bonds. The molecule has 4 heteroatoms. The fraction of sp³-hybridized carbons (Fsp3) is 0.571. The molecule has 18 heavy (non-hydrogen) atoms. The maximum atomic E-state index is 14.2. The first-order valence-corrected chi connectivity index (χ1v) is 8.43. The van der Waals surface area contributed by atoms with Crippen LogP contribution in [0.2, 0.25) is 0 Å². The lowest BCUT2D eigenvalue weighted by Crippen LogP contribution is -2.30. The highest BCUT2D eigenvalue weighted by Gasteiger charge is 2.28. The summed E-state index contributed by atoms with van der Waals surface area (Å²) in [5, 5.41) is 3.52. The predicted octanol–water partition coefficient (Wildman–Crippen LogP) is 4.38. The lowest BCUT2D eigenvalue weighted by atomic mass is 9.92. The van der Waals surface area contributed by atoms with Crippen molar-refractivity contribution < 1.29 is 4.39 Å². The van der Waals surface area contributed by atoms with Crippen LogP contribution in [0.5, 0.6) is 0 Å². The van der Waals surface area contributed by atoms with Crippen molar-refractivity contribution in [2.45, 2.75) is 25.8 Å². The number of hydrogen-bond acceptors (Lipinski definition) is 2. The van der Waals surface area contributed by atoms with E-state index in [9.17, 15) is 4.39 Å². The number of benzene rings is 1. The first-order chi connectivity index (χ1) is 8.74. The van der Waals surface area contributed by atoms with Crippen molar-refractivity contribution in [3.8, 4) is 0 Å². The van der Waals surface area contributed by atoms with Gasteiger partial charge in [0.15, 0.2) is 0 Å². The zero-order valence-corrected chi connectivity index (χ0v) is 13.0. The first kappa shape index (κ1) is 14.4. The van der Waals surface area contributed by atoms with Crippen LogP contribution >= 0.6 is 27.7 Å². The Bertz CT molecular complexity index is 393. The average molecular weight is 332 g/mol. The zero-order valence-electron chi connectivity index (χ0n) is 10.6. The van der Waals surface area contributed by atoms with Gasteiger partial charge < -0.3 is 5.32 Å². The molecule has 2 rings (SSSR count). The second-order valence-corrected chi connectivity index (χ2v) is 6.70. The molecule has 1 aromatic carbocycles. The Hall–Kier alpha value is -0.0600. The lowest BCUT2D eigenvalue weighted by molar-refractivity contribution is 0.380. The standard InChI is InChI=1S/C14H19BrFNS/c1-2-7-17-14(10-6-8-18-9-10)11-4-3-5-12(15)13(11)16/h3-5,10,14,17H,2,6-9H2,1H3. The third-order valence-corrected chi connectivity index (χ3v) is 5.17. The topological polar surface area (TPSA) is 12.0 Å². The van der Waals surface area contributed by atoms with Crippen molar-refractivity contribution in [2.75, 3.05) is 18.1 Å². The van der Waals surface area contributed by atoms with Gasteiger partial charge in [0.2, 0.25) is 0 Å². The van der Waals surface area contributed by atoms with Gasteiger partial charge in [0.25, 0.3) is 0 Å². The van der Waals surface area contributed by atoms with Crippen LogP contribution in [0.1, 0.15) is 31.4 Å². The first-order valence-electron chi connectivity index (χ1n) is 6.49. The van der Waals surface area contributed by atoms with E-state index >= 15 is 0 Å². The van der Waals surface area contributed by atoms with Gasteiger partial charge in [0.05, 0.1) is 4.47 Å². The molecular weight excluding hydrogens is 313 g/mol. The van der Waals surface area contributed by atoms with E-state index in [-0.39, 0.29) is 11.9 Å². The van der Waals surface area contributed by atoms with E-state index in [1.165, 1.54) is 12.2 Å². The summed E-state index contributed by atoms with van der Waals surface area (Å²) in [6.07, 6.45) is 2.25. The van der Waals surface area contributed by atoms with Crippen LogP contribution in [0.15, 0.2) is 22.7 Å². The Morgan fingerprint density at radius 3 is 3.06 bits per heavy atom. The molecule has 2 unspecified atom stereocenters. The quantitative estimate of drug-likeness (QED) is 0.859. The van der Waals surface area contributed by atoms with E-state index in [0.29, 0.717) is 10.4 Å². The average Bonchev–Trinajstić information content (AvgIpc) is 2.88. The molecule has 0 bridgehead atoms. The second kappa shape index (κ2) is 6.92. The third kappa shape index (κ3) is 3.28. The minimum atomic E-state index is -0.108. The smallest absolute Gasteiger partial charge is 0.142 e. The number of hydrogen-bond donors (Lipinski definition) is 1. The summed E-state index contributed by atoms with van der Waals surface area (Å²) in [6.45, 7) is 3.09. The Morgan fingerprint density at radius 2 is 2.39 bits per heavy atom. The van der Waals surface area contributed by atoms with Gasteiger partial charge in [-0.2, -0.15) is 11.8 Å². The number of rotatable bonds is 5. The van der Waals surface area contributed by atoms with Crippen LogP contribution in [0.25, 0.3) is 0 Å². The summed E-state index contributed by atoms with van der Waals surface area (Å²) in [5.41, 5.74) is 0.810. The third-order valence-electron chi connectivity index (χ3n) is 3.37. The highest BCUT2D eigenvalue weighted by atomic mass is 79.9. The summed E-state index contributed by atoms with van der Waals surface area (Å²) in [7, 11) is 0. The second-order valence-electron chi connectivity index (χ2n) is 4.70. The normalized spacial score (nSPS) is 21.2. The van der Waals surface area contributed by atoms with Crippen LogP contribution in [0.3, 0.4) is 0 Å². The van der Waals surface area contributed by atoms with Gasteiger partial charge in [-0.15, -0.1) is 0 Å². The zero-order chi connectivity index (χ0) is 13.0. The monoisotopic (exact) mass is 331 g/mol. The Labute approximate surface area is 121 Å². The largest absolute Gasteiger partial charge is 0.310 e. The Kier molecular flexibility index (Phi) is 5.52. The minimum absolute atomic E-state index is 0.108. The Balaban J connectivity index is 2.23. The summed E-state index contributed by atoms with van der Waals surface area (Å²) in [5.74, 6) is 2.77. The minimum Gasteiger partial charge on any atom is -0.310 e. The van der Waals surface area contributed by atoms with E-state index in [1.807, 2.05) is 23.9 Å².